The van der Waals surface area contributed by atoms with E-state index in [0.717, 1.165) is 31.5 Å². The van der Waals surface area contributed by atoms with Gasteiger partial charge in [-0.3, -0.25) is 4.90 Å². The Bertz CT molecular complexity index is 473. The van der Waals surface area contributed by atoms with Crippen molar-refractivity contribution < 1.29 is 5.11 Å². The third-order valence-corrected chi connectivity index (χ3v) is 5.47. The number of rotatable bonds is 4. The van der Waals surface area contributed by atoms with E-state index in [0.29, 0.717) is 6.54 Å². The van der Waals surface area contributed by atoms with Crippen LogP contribution in [0.3, 0.4) is 0 Å². The van der Waals surface area contributed by atoms with E-state index in [1.54, 1.807) is 11.8 Å². The normalized spacial score (nSPS) is 21.9. The fraction of sp³-hybridized carbons (Fsp3) is 0.562. The molecule has 0 amide bonds. The summed E-state index contributed by atoms with van der Waals surface area (Å²) in [6.07, 6.45) is 3.75. The molecule has 3 nitrogen and oxygen atoms in total. The summed E-state index contributed by atoms with van der Waals surface area (Å²) in [5, 5.41) is 20.0. The Morgan fingerprint density at radius 1 is 1.35 bits per heavy atom. The topological polar surface area (TPSA) is 47.3 Å². The molecular weight excluding hydrogens is 268 g/mol. The second kappa shape index (κ2) is 6.17. The van der Waals surface area contributed by atoms with Gasteiger partial charge in [-0.15, -0.1) is 11.8 Å². The largest absolute Gasteiger partial charge is 0.384 e. The predicted molar refractivity (Wildman–Crippen MR) is 83.5 cm³/mol. The number of likely N-dealkylation sites (tertiary alicyclic amines) is 1. The average molecular weight is 290 g/mol. The van der Waals surface area contributed by atoms with E-state index in [2.05, 4.69) is 11.0 Å². The molecule has 0 bridgehead atoms. The number of benzene rings is 1. The van der Waals surface area contributed by atoms with Crippen LogP contribution in [0.2, 0.25) is 0 Å². The van der Waals surface area contributed by atoms with Crippen LogP contribution in [-0.4, -0.2) is 40.6 Å². The summed E-state index contributed by atoms with van der Waals surface area (Å²) in [6.45, 7) is 4.23. The lowest BCUT2D eigenvalue weighted by atomic mass is 9.92. The minimum Gasteiger partial charge on any atom is -0.384 e. The van der Waals surface area contributed by atoms with Crippen LogP contribution in [0.1, 0.15) is 25.3 Å². The standard InChI is InChI=1S/C16H22N2OS/c1-15(19,14-6-4-3-5-7-14)13-18-10-8-16(12-17,20-2)9-11-18/h3-7,19H,8-11,13H2,1-2H3. The molecule has 0 aromatic heterocycles. The van der Waals surface area contributed by atoms with Crippen LogP contribution in [0, 0.1) is 11.3 Å². The number of thioether (sulfide) groups is 1. The van der Waals surface area contributed by atoms with Crippen molar-refractivity contribution in [1.82, 2.24) is 4.90 Å². The number of nitriles is 1. The molecule has 0 aliphatic carbocycles. The fourth-order valence-electron chi connectivity index (χ4n) is 2.76. The molecule has 4 heteroatoms. The van der Waals surface area contributed by atoms with Gasteiger partial charge in [0.2, 0.25) is 0 Å². The molecule has 20 heavy (non-hydrogen) atoms. The first-order chi connectivity index (χ1) is 9.51. The lowest BCUT2D eigenvalue weighted by molar-refractivity contribution is 0.00933. The van der Waals surface area contributed by atoms with Crippen molar-refractivity contribution in [2.24, 2.45) is 0 Å². The Hall–Kier alpha value is -1.02. The van der Waals surface area contributed by atoms with E-state index >= 15 is 0 Å². The minimum atomic E-state index is -0.840. The molecule has 0 spiro atoms. The second-order valence-corrected chi connectivity index (χ2v) is 6.92. The van der Waals surface area contributed by atoms with Crippen molar-refractivity contribution in [1.29, 1.82) is 5.26 Å². The van der Waals surface area contributed by atoms with Gasteiger partial charge in [0.15, 0.2) is 0 Å². The van der Waals surface area contributed by atoms with Gasteiger partial charge in [-0.2, -0.15) is 5.26 Å². The molecule has 1 heterocycles. The fourth-order valence-corrected chi connectivity index (χ4v) is 3.44. The first-order valence-electron chi connectivity index (χ1n) is 6.98. The van der Waals surface area contributed by atoms with Crippen LogP contribution < -0.4 is 0 Å². The zero-order valence-electron chi connectivity index (χ0n) is 12.2. The van der Waals surface area contributed by atoms with Crippen LogP contribution in [0.15, 0.2) is 30.3 Å². The van der Waals surface area contributed by atoms with Crippen molar-refractivity contribution in [2.45, 2.75) is 30.1 Å². The lowest BCUT2D eigenvalue weighted by Crippen LogP contribution is -2.46. The molecule has 1 unspecified atom stereocenters. The molecule has 1 aromatic rings. The van der Waals surface area contributed by atoms with Crippen molar-refractivity contribution in [3.8, 4) is 6.07 Å². The number of β-amino-alcohol motifs (C(OH)–C–C–N with tert-alkyl or cyclic N) is 1. The highest BCUT2D eigenvalue weighted by atomic mass is 32.2. The molecule has 0 saturated carbocycles. The molecule has 1 aromatic carbocycles. The number of hydrogen-bond donors (Lipinski definition) is 1. The Balaban J connectivity index is 1.98. The van der Waals surface area contributed by atoms with E-state index in [4.69, 9.17) is 0 Å². The molecule has 108 valence electrons. The van der Waals surface area contributed by atoms with E-state index in [1.807, 2.05) is 43.5 Å². The number of aliphatic hydroxyl groups is 1. The first-order valence-corrected chi connectivity index (χ1v) is 8.20. The van der Waals surface area contributed by atoms with Gasteiger partial charge in [0.25, 0.3) is 0 Å². The molecule has 1 N–H and O–H groups in total. The Morgan fingerprint density at radius 2 is 1.95 bits per heavy atom. The van der Waals surface area contributed by atoms with Crippen LogP contribution >= 0.6 is 11.8 Å². The van der Waals surface area contributed by atoms with Crippen molar-refractivity contribution in [2.75, 3.05) is 25.9 Å². The summed E-state index contributed by atoms with van der Waals surface area (Å²) < 4.78 is -0.227. The third kappa shape index (κ3) is 3.35. The van der Waals surface area contributed by atoms with Gasteiger partial charge >= 0.3 is 0 Å². The Morgan fingerprint density at radius 3 is 2.45 bits per heavy atom. The maximum absolute atomic E-state index is 10.7. The maximum Gasteiger partial charge on any atom is 0.104 e. The van der Waals surface area contributed by atoms with Gasteiger partial charge in [0, 0.05) is 19.6 Å². The van der Waals surface area contributed by atoms with E-state index in [9.17, 15) is 10.4 Å². The monoisotopic (exact) mass is 290 g/mol. The molecule has 1 aliphatic heterocycles. The highest BCUT2D eigenvalue weighted by molar-refractivity contribution is 8.00. The summed E-state index contributed by atoms with van der Waals surface area (Å²) in [5.41, 5.74) is 0.106. The highest BCUT2D eigenvalue weighted by Crippen LogP contribution is 2.34. The summed E-state index contributed by atoms with van der Waals surface area (Å²) in [6, 6.07) is 12.2. The quantitative estimate of drug-likeness (QED) is 0.926. The molecular formula is C16H22N2OS. The Labute approximate surface area is 125 Å². The van der Waals surface area contributed by atoms with Gasteiger partial charge in [-0.05, 0) is 31.6 Å². The Kier molecular flexibility index (Phi) is 4.74. The average Bonchev–Trinajstić information content (AvgIpc) is 2.49. The SMILES string of the molecule is CSC1(C#N)CCN(CC(C)(O)c2ccccc2)CC1. The second-order valence-electron chi connectivity index (χ2n) is 5.73. The predicted octanol–water partition coefficient (Wildman–Crippen LogP) is 2.62. The number of piperidine rings is 1. The summed E-state index contributed by atoms with van der Waals surface area (Å²) >= 11 is 1.66. The van der Waals surface area contributed by atoms with Crippen LogP contribution in [-0.2, 0) is 5.60 Å². The zero-order valence-corrected chi connectivity index (χ0v) is 13.0. The smallest absolute Gasteiger partial charge is 0.104 e. The molecule has 1 aliphatic rings. The molecule has 1 saturated heterocycles. The van der Waals surface area contributed by atoms with Crippen LogP contribution in [0.5, 0.6) is 0 Å². The summed E-state index contributed by atoms with van der Waals surface area (Å²) in [4.78, 5) is 2.26. The highest BCUT2D eigenvalue weighted by Gasteiger charge is 2.36. The van der Waals surface area contributed by atoms with Gasteiger partial charge in [-0.25, -0.2) is 0 Å². The third-order valence-electron chi connectivity index (χ3n) is 4.19. The van der Waals surface area contributed by atoms with E-state index in [1.165, 1.54) is 0 Å². The van der Waals surface area contributed by atoms with Gasteiger partial charge in [0.1, 0.15) is 4.75 Å². The maximum atomic E-state index is 10.7. The number of hydrogen-bond acceptors (Lipinski definition) is 4. The first kappa shape index (κ1) is 15.4. The van der Waals surface area contributed by atoms with Crippen molar-refractivity contribution in [3.05, 3.63) is 35.9 Å². The van der Waals surface area contributed by atoms with Crippen molar-refractivity contribution >= 4 is 11.8 Å². The minimum absolute atomic E-state index is 0.227. The van der Waals surface area contributed by atoms with E-state index < -0.39 is 5.60 Å². The van der Waals surface area contributed by atoms with Crippen molar-refractivity contribution in [3.63, 3.8) is 0 Å². The van der Waals surface area contributed by atoms with Crippen LogP contribution in [0.25, 0.3) is 0 Å². The lowest BCUT2D eigenvalue weighted by Gasteiger charge is -2.39. The molecule has 1 atom stereocenters. The molecule has 0 radical (unpaired) electrons. The summed E-state index contributed by atoms with van der Waals surface area (Å²) in [5.74, 6) is 0. The van der Waals surface area contributed by atoms with Gasteiger partial charge in [-0.1, -0.05) is 30.3 Å². The van der Waals surface area contributed by atoms with Gasteiger partial charge < -0.3 is 5.11 Å². The number of nitrogens with zero attached hydrogens (tertiary/aromatic N) is 2. The van der Waals surface area contributed by atoms with Gasteiger partial charge in [0.05, 0.1) is 11.7 Å². The van der Waals surface area contributed by atoms with Crippen LogP contribution in [0.4, 0.5) is 0 Å². The zero-order chi connectivity index (χ0) is 14.6. The molecule has 2 rings (SSSR count). The van der Waals surface area contributed by atoms with E-state index in [-0.39, 0.29) is 4.75 Å². The summed E-state index contributed by atoms with van der Waals surface area (Å²) in [7, 11) is 0. The molecule has 1 fully saturated rings.